The zero-order valence-corrected chi connectivity index (χ0v) is 17.0. The van der Waals surface area contributed by atoms with Crippen molar-refractivity contribution in [3.05, 3.63) is 35.9 Å². The van der Waals surface area contributed by atoms with Crippen LogP contribution in [0.5, 0.6) is 0 Å². The number of rotatable bonds is 6. The Bertz CT molecular complexity index is 715. The average Bonchev–Trinajstić information content (AvgIpc) is 2.64. The first-order valence-electron chi connectivity index (χ1n) is 9.97. The molecule has 1 saturated carbocycles. The molecule has 2 atom stereocenters. The number of carbonyl (C=O) groups excluding carboxylic acids is 1. The third-order valence-corrected chi connectivity index (χ3v) is 7.59. The maximum atomic E-state index is 12.6. The molecule has 7 heteroatoms. The lowest BCUT2D eigenvalue weighted by atomic mass is 9.86. The fourth-order valence-corrected chi connectivity index (χ4v) is 5.54. The molecule has 2 unspecified atom stereocenters. The summed E-state index contributed by atoms with van der Waals surface area (Å²) in [7, 11) is -3.31. The number of piperazine rings is 1. The Hall–Kier alpha value is -1.44. The maximum absolute atomic E-state index is 12.6. The van der Waals surface area contributed by atoms with Gasteiger partial charge >= 0.3 is 0 Å². The predicted molar refractivity (Wildman–Crippen MR) is 107 cm³/mol. The minimum absolute atomic E-state index is 0.0356. The summed E-state index contributed by atoms with van der Waals surface area (Å²) in [5.41, 5.74) is 0.806. The van der Waals surface area contributed by atoms with E-state index >= 15 is 0 Å². The Morgan fingerprint density at radius 1 is 1.07 bits per heavy atom. The van der Waals surface area contributed by atoms with Crippen LogP contribution in [0.2, 0.25) is 0 Å². The van der Waals surface area contributed by atoms with Gasteiger partial charge in [0, 0.05) is 32.2 Å². The van der Waals surface area contributed by atoms with Crippen molar-refractivity contribution in [2.45, 2.75) is 44.4 Å². The summed E-state index contributed by atoms with van der Waals surface area (Å²) >= 11 is 0. The molecule has 1 heterocycles. The topological polar surface area (TPSA) is 69.7 Å². The Morgan fingerprint density at radius 3 is 2.41 bits per heavy atom. The molecular formula is C20H31N3O3S. The highest BCUT2D eigenvalue weighted by atomic mass is 32.2. The van der Waals surface area contributed by atoms with Gasteiger partial charge in [-0.3, -0.25) is 9.69 Å². The first-order chi connectivity index (χ1) is 12.9. The lowest BCUT2D eigenvalue weighted by Gasteiger charge is -2.34. The van der Waals surface area contributed by atoms with Gasteiger partial charge in [-0.25, -0.2) is 8.42 Å². The first-order valence-corrected chi connectivity index (χ1v) is 11.6. The quantitative estimate of drug-likeness (QED) is 0.801. The third kappa shape index (κ3) is 5.77. The molecule has 1 amide bonds. The Balaban J connectivity index is 1.45. The number of carbonyl (C=O) groups is 1. The molecular weight excluding hydrogens is 362 g/mol. The van der Waals surface area contributed by atoms with Gasteiger partial charge in [-0.1, -0.05) is 50.1 Å². The van der Waals surface area contributed by atoms with Crippen molar-refractivity contribution in [1.29, 1.82) is 0 Å². The summed E-state index contributed by atoms with van der Waals surface area (Å²) in [5.74, 6) is 0.644. The van der Waals surface area contributed by atoms with Crippen molar-refractivity contribution >= 4 is 15.9 Å². The van der Waals surface area contributed by atoms with E-state index in [0.717, 1.165) is 12.0 Å². The molecule has 0 aromatic heterocycles. The van der Waals surface area contributed by atoms with Crippen molar-refractivity contribution < 1.29 is 13.2 Å². The van der Waals surface area contributed by atoms with Gasteiger partial charge in [0.1, 0.15) is 0 Å². The summed E-state index contributed by atoms with van der Waals surface area (Å²) in [5, 5.41) is 3.18. The van der Waals surface area contributed by atoms with Gasteiger partial charge < -0.3 is 5.32 Å². The monoisotopic (exact) mass is 393 g/mol. The highest BCUT2D eigenvalue weighted by Crippen LogP contribution is 2.23. The summed E-state index contributed by atoms with van der Waals surface area (Å²) < 4.78 is 26.8. The lowest BCUT2D eigenvalue weighted by molar-refractivity contribution is -0.123. The molecule has 0 radical (unpaired) electrons. The predicted octanol–water partition coefficient (Wildman–Crippen LogP) is 1.83. The number of sulfonamides is 1. The van der Waals surface area contributed by atoms with Crippen molar-refractivity contribution in [1.82, 2.24) is 14.5 Å². The van der Waals surface area contributed by atoms with Crippen molar-refractivity contribution in [3.63, 3.8) is 0 Å². The highest BCUT2D eigenvalue weighted by molar-refractivity contribution is 7.88. The molecule has 1 aromatic rings. The van der Waals surface area contributed by atoms with E-state index in [1.54, 1.807) is 4.31 Å². The number of nitrogens with one attached hydrogen (secondary N) is 1. The van der Waals surface area contributed by atoms with Crippen molar-refractivity contribution in [2.75, 3.05) is 32.7 Å². The SMILES string of the molecule is CC1CCCCC1NC(=O)CN1CCN(S(=O)(=O)Cc2ccccc2)CC1. The normalized spacial score (nSPS) is 25.2. The van der Waals surface area contributed by atoms with Crippen molar-refractivity contribution in [2.24, 2.45) is 5.92 Å². The van der Waals surface area contributed by atoms with E-state index < -0.39 is 10.0 Å². The second-order valence-electron chi connectivity index (χ2n) is 7.85. The van der Waals surface area contributed by atoms with E-state index in [2.05, 4.69) is 17.1 Å². The Kier molecular flexibility index (Phi) is 6.89. The number of benzene rings is 1. The molecule has 2 fully saturated rings. The average molecular weight is 394 g/mol. The zero-order chi connectivity index (χ0) is 19.3. The van der Waals surface area contributed by atoms with E-state index in [1.165, 1.54) is 19.3 Å². The summed E-state index contributed by atoms with van der Waals surface area (Å²) in [6.07, 6.45) is 4.70. The van der Waals surface area contributed by atoms with E-state index in [4.69, 9.17) is 0 Å². The lowest BCUT2D eigenvalue weighted by Crippen LogP contribution is -2.52. The van der Waals surface area contributed by atoms with Crippen LogP contribution in [0, 0.1) is 5.92 Å². The number of hydrogen-bond donors (Lipinski definition) is 1. The number of hydrogen-bond acceptors (Lipinski definition) is 4. The molecule has 2 aliphatic rings. The van der Waals surface area contributed by atoms with Crippen LogP contribution < -0.4 is 5.32 Å². The minimum Gasteiger partial charge on any atom is -0.352 e. The number of amides is 1. The fraction of sp³-hybridized carbons (Fsp3) is 0.650. The Labute approximate surface area is 163 Å². The van der Waals surface area contributed by atoms with E-state index in [1.807, 2.05) is 30.3 Å². The molecule has 0 bridgehead atoms. The minimum atomic E-state index is -3.31. The molecule has 1 saturated heterocycles. The van der Waals surface area contributed by atoms with Gasteiger partial charge in [0.15, 0.2) is 0 Å². The van der Waals surface area contributed by atoms with E-state index in [9.17, 15) is 13.2 Å². The van der Waals surface area contributed by atoms with Crippen LogP contribution in [0.15, 0.2) is 30.3 Å². The van der Waals surface area contributed by atoms with Gasteiger partial charge in [-0.05, 0) is 24.3 Å². The molecule has 1 aliphatic carbocycles. The second kappa shape index (κ2) is 9.17. The summed E-state index contributed by atoms with van der Waals surface area (Å²) in [6.45, 7) is 4.66. The first kappa shape index (κ1) is 20.3. The largest absolute Gasteiger partial charge is 0.352 e. The second-order valence-corrected chi connectivity index (χ2v) is 9.82. The highest BCUT2D eigenvalue weighted by Gasteiger charge is 2.29. The molecule has 27 heavy (non-hydrogen) atoms. The molecule has 6 nitrogen and oxygen atoms in total. The Morgan fingerprint density at radius 2 is 1.74 bits per heavy atom. The van der Waals surface area contributed by atoms with Crippen molar-refractivity contribution in [3.8, 4) is 0 Å². The van der Waals surface area contributed by atoms with Gasteiger partial charge in [-0.15, -0.1) is 0 Å². The molecule has 1 aliphatic heterocycles. The van der Waals surface area contributed by atoms with Crippen LogP contribution in [0.1, 0.15) is 38.2 Å². The van der Waals surface area contributed by atoms with Gasteiger partial charge in [0.05, 0.1) is 12.3 Å². The summed E-state index contributed by atoms with van der Waals surface area (Å²) in [4.78, 5) is 14.4. The fourth-order valence-electron chi connectivity index (χ4n) is 4.03. The smallest absolute Gasteiger partial charge is 0.234 e. The molecule has 3 rings (SSSR count). The van der Waals surface area contributed by atoms with Crippen LogP contribution in [0.3, 0.4) is 0 Å². The van der Waals surface area contributed by atoms with Crippen LogP contribution >= 0.6 is 0 Å². The van der Waals surface area contributed by atoms with Crippen LogP contribution in [0.4, 0.5) is 0 Å². The van der Waals surface area contributed by atoms with E-state index in [0.29, 0.717) is 44.7 Å². The molecule has 1 aromatic carbocycles. The standard InChI is InChI=1S/C20H31N3O3S/c1-17-7-5-6-10-19(17)21-20(24)15-22-11-13-23(14-12-22)27(25,26)16-18-8-3-2-4-9-18/h2-4,8-9,17,19H,5-7,10-16H2,1H3,(H,21,24). The van der Waals surface area contributed by atoms with Crippen LogP contribution in [-0.2, 0) is 20.6 Å². The van der Waals surface area contributed by atoms with Gasteiger partial charge in [0.25, 0.3) is 0 Å². The molecule has 1 N–H and O–H groups in total. The summed E-state index contributed by atoms with van der Waals surface area (Å²) in [6, 6.07) is 9.56. The van der Waals surface area contributed by atoms with E-state index in [-0.39, 0.29) is 11.7 Å². The third-order valence-electron chi connectivity index (χ3n) is 5.74. The van der Waals surface area contributed by atoms with Crippen LogP contribution in [0.25, 0.3) is 0 Å². The molecule has 150 valence electrons. The van der Waals surface area contributed by atoms with Gasteiger partial charge in [-0.2, -0.15) is 4.31 Å². The number of nitrogens with zero attached hydrogens (tertiary/aromatic N) is 2. The maximum Gasteiger partial charge on any atom is 0.234 e. The zero-order valence-electron chi connectivity index (χ0n) is 16.1. The van der Waals surface area contributed by atoms with Gasteiger partial charge in [0.2, 0.25) is 15.9 Å². The van der Waals surface area contributed by atoms with Crippen LogP contribution in [-0.4, -0.2) is 62.3 Å². The molecule has 0 spiro atoms.